The van der Waals surface area contributed by atoms with Crippen LogP contribution in [0, 0.1) is 0 Å². The van der Waals surface area contributed by atoms with Crippen molar-refractivity contribution in [3.63, 3.8) is 0 Å². The molecular weight excluding hydrogens is 322 g/mol. The third-order valence-electron chi connectivity index (χ3n) is 3.49. The second-order valence-corrected chi connectivity index (χ2v) is 5.50. The van der Waals surface area contributed by atoms with Crippen molar-refractivity contribution in [2.24, 2.45) is 0 Å². The number of para-hydroxylation sites is 1. The Bertz CT molecular complexity index is 741. The Hall–Kier alpha value is -3.09. The van der Waals surface area contributed by atoms with Gasteiger partial charge in [0.05, 0.1) is 23.1 Å². The van der Waals surface area contributed by atoms with Crippen LogP contribution in [0.3, 0.4) is 0 Å². The number of carbonyl (C=O) groups excluding carboxylic acids is 3. The van der Waals surface area contributed by atoms with E-state index in [-0.39, 0.29) is 5.91 Å². The first kappa shape index (κ1) is 18.3. The van der Waals surface area contributed by atoms with Crippen molar-refractivity contribution in [2.75, 3.05) is 11.9 Å². The molecule has 0 aliphatic carbocycles. The van der Waals surface area contributed by atoms with Gasteiger partial charge < -0.3 is 20.4 Å². The highest BCUT2D eigenvalue weighted by Gasteiger charge is 2.19. The second-order valence-electron chi connectivity index (χ2n) is 5.50. The van der Waals surface area contributed by atoms with Gasteiger partial charge in [-0.05, 0) is 31.5 Å². The first-order chi connectivity index (χ1) is 12.0. The van der Waals surface area contributed by atoms with Gasteiger partial charge in [0, 0.05) is 6.54 Å². The van der Waals surface area contributed by atoms with Gasteiger partial charge in [0.15, 0.2) is 0 Å². The van der Waals surface area contributed by atoms with Crippen molar-refractivity contribution in [1.29, 1.82) is 0 Å². The van der Waals surface area contributed by atoms with E-state index in [1.54, 1.807) is 31.2 Å². The summed E-state index contributed by atoms with van der Waals surface area (Å²) in [5, 5.41) is 8.03. The van der Waals surface area contributed by atoms with E-state index in [1.165, 1.54) is 18.6 Å². The van der Waals surface area contributed by atoms with Gasteiger partial charge in [-0.3, -0.25) is 14.4 Å². The largest absolute Gasteiger partial charge is 0.472 e. The molecule has 3 amide bonds. The molecule has 1 heterocycles. The lowest BCUT2D eigenvalue weighted by Gasteiger charge is -2.15. The van der Waals surface area contributed by atoms with E-state index in [2.05, 4.69) is 16.0 Å². The van der Waals surface area contributed by atoms with Crippen molar-refractivity contribution in [3.8, 4) is 0 Å². The minimum atomic E-state index is -0.783. The topological polar surface area (TPSA) is 100 Å². The van der Waals surface area contributed by atoms with Crippen LogP contribution in [-0.2, 0) is 4.79 Å². The molecule has 1 aromatic heterocycles. The molecule has 1 aromatic carbocycles. The molecule has 7 nitrogen and oxygen atoms in total. The maximum Gasteiger partial charge on any atom is 0.255 e. The fourth-order valence-electron chi connectivity index (χ4n) is 2.10. The standard InChI is InChI=1S/C18H21N3O4/c1-3-9-19-18(24)14-6-4-5-7-15(14)21-16(22)12(2)20-17(23)13-8-10-25-11-13/h4-8,10-12H,3,9H2,1-2H3,(H,19,24)(H,20,23)(H,21,22). The number of amides is 3. The molecule has 0 radical (unpaired) electrons. The lowest BCUT2D eigenvalue weighted by atomic mass is 10.1. The minimum Gasteiger partial charge on any atom is -0.472 e. The van der Waals surface area contributed by atoms with Crippen LogP contribution in [-0.4, -0.2) is 30.3 Å². The van der Waals surface area contributed by atoms with Gasteiger partial charge in [-0.1, -0.05) is 19.1 Å². The van der Waals surface area contributed by atoms with Crippen molar-refractivity contribution < 1.29 is 18.8 Å². The van der Waals surface area contributed by atoms with E-state index in [1.807, 2.05) is 6.92 Å². The van der Waals surface area contributed by atoms with Crippen LogP contribution >= 0.6 is 0 Å². The van der Waals surface area contributed by atoms with Gasteiger partial charge in [-0.2, -0.15) is 0 Å². The molecule has 0 fully saturated rings. The number of benzene rings is 1. The number of hydrogen-bond acceptors (Lipinski definition) is 4. The molecule has 7 heteroatoms. The Morgan fingerprint density at radius 1 is 1.12 bits per heavy atom. The quantitative estimate of drug-likeness (QED) is 0.717. The van der Waals surface area contributed by atoms with Gasteiger partial charge in [-0.15, -0.1) is 0 Å². The fourth-order valence-corrected chi connectivity index (χ4v) is 2.10. The molecule has 1 unspecified atom stereocenters. The normalized spacial score (nSPS) is 11.4. The maximum atomic E-state index is 12.3. The van der Waals surface area contributed by atoms with Crippen molar-refractivity contribution in [1.82, 2.24) is 10.6 Å². The molecule has 132 valence electrons. The molecule has 25 heavy (non-hydrogen) atoms. The number of carbonyl (C=O) groups is 3. The number of furan rings is 1. The van der Waals surface area contributed by atoms with Crippen LogP contribution in [0.15, 0.2) is 47.3 Å². The molecule has 0 aliphatic heterocycles. The van der Waals surface area contributed by atoms with Crippen molar-refractivity contribution >= 4 is 23.4 Å². The molecule has 2 aromatic rings. The Kier molecular flexibility index (Phi) is 6.33. The Balaban J connectivity index is 2.02. The zero-order valence-electron chi connectivity index (χ0n) is 14.2. The number of nitrogens with one attached hydrogen (secondary N) is 3. The summed E-state index contributed by atoms with van der Waals surface area (Å²) in [7, 11) is 0. The van der Waals surface area contributed by atoms with Crippen LogP contribution in [0.2, 0.25) is 0 Å². The number of rotatable bonds is 7. The zero-order valence-corrected chi connectivity index (χ0v) is 14.2. The molecule has 1 atom stereocenters. The molecule has 0 saturated carbocycles. The van der Waals surface area contributed by atoms with E-state index in [0.29, 0.717) is 23.4 Å². The van der Waals surface area contributed by atoms with Crippen molar-refractivity contribution in [3.05, 3.63) is 54.0 Å². The van der Waals surface area contributed by atoms with Gasteiger partial charge in [0.1, 0.15) is 12.3 Å². The third-order valence-corrected chi connectivity index (χ3v) is 3.49. The van der Waals surface area contributed by atoms with Gasteiger partial charge in [-0.25, -0.2) is 0 Å². The molecule has 0 saturated heterocycles. The van der Waals surface area contributed by atoms with Crippen LogP contribution < -0.4 is 16.0 Å². The van der Waals surface area contributed by atoms with E-state index in [9.17, 15) is 14.4 Å². The summed E-state index contributed by atoms with van der Waals surface area (Å²) in [4.78, 5) is 36.4. The van der Waals surface area contributed by atoms with Crippen LogP contribution in [0.5, 0.6) is 0 Å². The van der Waals surface area contributed by atoms with Gasteiger partial charge in [0.25, 0.3) is 11.8 Å². The molecule has 3 N–H and O–H groups in total. The molecular formula is C18H21N3O4. The SMILES string of the molecule is CCCNC(=O)c1ccccc1NC(=O)C(C)NC(=O)c1ccoc1. The predicted molar refractivity (Wildman–Crippen MR) is 93.3 cm³/mol. The number of anilines is 1. The Morgan fingerprint density at radius 2 is 1.88 bits per heavy atom. The maximum absolute atomic E-state index is 12.3. The van der Waals surface area contributed by atoms with E-state index >= 15 is 0 Å². The van der Waals surface area contributed by atoms with Crippen LogP contribution in [0.1, 0.15) is 41.0 Å². The first-order valence-electron chi connectivity index (χ1n) is 8.04. The lowest BCUT2D eigenvalue weighted by Crippen LogP contribution is -2.41. The summed E-state index contributed by atoms with van der Waals surface area (Å²) < 4.78 is 4.84. The highest BCUT2D eigenvalue weighted by molar-refractivity contribution is 6.06. The first-order valence-corrected chi connectivity index (χ1v) is 8.04. The van der Waals surface area contributed by atoms with E-state index in [4.69, 9.17) is 4.42 Å². The van der Waals surface area contributed by atoms with Crippen LogP contribution in [0.25, 0.3) is 0 Å². The highest BCUT2D eigenvalue weighted by atomic mass is 16.3. The molecule has 0 aliphatic rings. The van der Waals surface area contributed by atoms with Crippen LogP contribution in [0.4, 0.5) is 5.69 Å². The average Bonchev–Trinajstić information content (AvgIpc) is 3.14. The van der Waals surface area contributed by atoms with Crippen molar-refractivity contribution in [2.45, 2.75) is 26.3 Å². The number of hydrogen-bond donors (Lipinski definition) is 3. The molecule has 2 rings (SSSR count). The smallest absolute Gasteiger partial charge is 0.255 e. The van der Waals surface area contributed by atoms with E-state index in [0.717, 1.165) is 6.42 Å². The highest BCUT2D eigenvalue weighted by Crippen LogP contribution is 2.15. The fraction of sp³-hybridized carbons (Fsp3) is 0.278. The molecule has 0 bridgehead atoms. The summed E-state index contributed by atoms with van der Waals surface area (Å²) >= 11 is 0. The Labute approximate surface area is 145 Å². The lowest BCUT2D eigenvalue weighted by molar-refractivity contribution is -0.117. The Morgan fingerprint density at radius 3 is 2.56 bits per heavy atom. The summed E-state index contributed by atoms with van der Waals surface area (Å²) in [5.74, 6) is -1.09. The second kappa shape index (κ2) is 8.68. The summed E-state index contributed by atoms with van der Waals surface area (Å²) in [6.45, 7) is 4.07. The van der Waals surface area contributed by atoms with Gasteiger partial charge in [0.2, 0.25) is 5.91 Å². The third kappa shape index (κ3) is 4.94. The minimum absolute atomic E-state index is 0.257. The monoisotopic (exact) mass is 343 g/mol. The zero-order chi connectivity index (χ0) is 18.2. The summed E-state index contributed by atoms with van der Waals surface area (Å²) in [6.07, 6.45) is 3.50. The summed E-state index contributed by atoms with van der Waals surface area (Å²) in [6, 6.07) is 7.45. The summed E-state index contributed by atoms with van der Waals surface area (Å²) in [5.41, 5.74) is 1.10. The average molecular weight is 343 g/mol. The predicted octanol–water partition coefficient (Wildman–Crippen LogP) is 2.18. The van der Waals surface area contributed by atoms with E-state index < -0.39 is 17.9 Å². The molecule has 0 spiro atoms. The van der Waals surface area contributed by atoms with Gasteiger partial charge >= 0.3 is 0 Å².